The van der Waals surface area contributed by atoms with E-state index in [1.54, 1.807) is 0 Å². The second-order valence-corrected chi connectivity index (χ2v) is 22.6. The van der Waals surface area contributed by atoms with E-state index >= 15 is 0 Å². The number of carbonyl (C=O) groups is 2. The zero-order chi connectivity index (χ0) is 50.8. The third-order valence-corrected chi connectivity index (χ3v) is 14.0. The summed E-state index contributed by atoms with van der Waals surface area (Å²) in [4.78, 5) is 39.8. The number of quaternary nitrogens is 1. The monoisotopic (exact) mass is 993 g/mol. The zero-order valence-corrected chi connectivity index (χ0v) is 47.2. The molecule has 1 amide bonds. The van der Waals surface area contributed by atoms with Crippen LogP contribution in [0.4, 0.5) is 0 Å². The van der Waals surface area contributed by atoms with Crippen LogP contribution in [-0.4, -0.2) is 69.4 Å². The Morgan fingerprint density at radius 1 is 0.507 bits per heavy atom. The van der Waals surface area contributed by atoms with Crippen molar-refractivity contribution in [2.24, 2.45) is 0 Å². The number of nitrogens with zero attached hydrogens (tertiary/aromatic N) is 1. The fourth-order valence-electron chi connectivity index (χ4n) is 8.49. The first kappa shape index (κ1) is 67.2. The number of carbonyl (C=O) groups excluding carboxylic acids is 2. The number of esters is 1. The summed E-state index contributed by atoms with van der Waals surface area (Å²) in [5, 5.41) is 3.02. The van der Waals surface area contributed by atoms with Crippen LogP contribution in [0, 0.1) is 0 Å². The highest BCUT2D eigenvalue weighted by Gasteiger charge is 2.27. The quantitative estimate of drug-likeness (QED) is 0.0212. The highest BCUT2D eigenvalue weighted by Crippen LogP contribution is 2.38. The van der Waals surface area contributed by atoms with Crippen molar-refractivity contribution in [1.29, 1.82) is 0 Å². The van der Waals surface area contributed by atoms with Crippen molar-refractivity contribution in [2.45, 2.75) is 290 Å². The summed E-state index contributed by atoms with van der Waals surface area (Å²) in [6.07, 6.45) is 58.1. The molecule has 69 heavy (non-hydrogen) atoms. The molecule has 406 valence electrons. The van der Waals surface area contributed by atoms with E-state index < -0.39 is 20.0 Å². The summed E-state index contributed by atoms with van der Waals surface area (Å²) in [6.45, 7) is 6.83. The van der Waals surface area contributed by atoms with Gasteiger partial charge in [-0.1, -0.05) is 237 Å². The number of rotatable bonds is 53. The number of ether oxygens (including phenoxy) is 1. The largest absolute Gasteiger partial charge is 0.756 e. The van der Waals surface area contributed by atoms with E-state index in [0.717, 1.165) is 77.0 Å². The van der Waals surface area contributed by atoms with Crippen molar-refractivity contribution >= 4 is 19.7 Å². The minimum Gasteiger partial charge on any atom is -0.756 e. The van der Waals surface area contributed by atoms with Crippen molar-refractivity contribution in [1.82, 2.24) is 5.32 Å². The minimum atomic E-state index is -4.69. The van der Waals surface area contributed by atoms with Gasteiger partial charge in [-0.2, -0.15) is 0 Å². The second-order valence-electron chi connectivity index (χ2n) is 21.2. The van der Waals surface area contributed by atoms with E-state index in [-0.39, 0.29) is 31.5 Å². The lowest BCUT2D eigenvalue weighted by Crippen LogP contribution is -2.47. The highest BCUT2D eigenvalue weighted by molar-refractivity contribution is 7.45. The summed E-state index contributed by atoms with van der Waals surface area (Å²) in [6, 6.07) is -0.886. The van der Waals surface area contributed by atoms with E-state index in [1.807, 2.05) is 33.3 Å². The van der Waals surface area contributed by atoms with E-state index in [1.165, 1.54) is 167 Å². The first-order valence-corrected chi connectivity index (χ1v) is 30.8. The average molecular weight is 994 g/mol. The molecule has 0 aromatic heterocycles. The maximum atomic E-state index is 13.5. The van der Waals surface area contributed by atoms with Gasteiger partial charge in [0.15, 0.2) is 0 Å². The van der Waals surface area contributed by atoms with Crippen LogP contribution in [0.15, 0.2) is 36.5 Å². The smallest absolute Gasteiger partial charge is 0.306 e. The van der Waals surface area contributed by atoms with Gasteiger partial charge in [0.2, 0.25) is 5.91 Å². The molecule has 0 aliphatic carbocycles. The highest BCUT2D eigenvalue weighted by atomic mass is 31.2. The van der Waals surface area contributed by atoms with Gasteiger partial charge in [-0.25, -0.2) is 0 Å². The molecule has 0 aromatic rings. The van der Waals surface area contributed by atoms with E-state index in [9.17, 15) is 19.0 Å². The SMILES string of the molecule is CCCCC/C=C\C/C=C\CCCCCCCCCC(=O)OC(/C=C/CCCCCCCCCCC)C(COP(=O)([O-])OCC[N+](C)(C)C)NC(=O)CCCCCCCCCCCCCCCCC. The molecular formula is C59H113N2O7P. The molecule has 0 aliphatic rings. The second kappa shape index (κ2) is 49.8. The molecule has 0 bridgehead atoms. The maximum Gasteiger partial charge on any atom is 0.306 e. The fraction of sp³-hybridized carbons (Fsp3) is 0.864. The van der Waals surface area contributed by atoms with Crippen LogP contribution in [0.5, 0.6) is 0 Å². The van der Waals surface area contributed by atoms with Crippen molar-refractivity contribution in [2.75, 3.05) is 40.9 Å². The number of hydrogen-bond donors (Lipinski definition) is 1. The van der Waals surface area contributed by atoms with Crippen LogP contribution in [-0.2, 0) is 27.9 Å². The molecule has 0 saturated carbocycles. The van der Waals surface area contributed by atoms with E-state index in [0.29, 0.717) is 17.4 Å². The Morgan fingerprint density at radius 2 is 0.884 bits per heavy atom. The maximum absolute atomic E-state index is 13.5. The number of nitrogens with one attached hydrogen (secondary N) is 1. The number of likely N-dealkylation sites (N-methyl/N-ethyl adjacent to an activating group) is 1. The Hall–Kier alpha value is -1.77. The molecule has 0 radical (unpaired) electrons. The van der Waals surface area contributed by atoms with Gasteiger partial charge in [0, 0.05) is 12.8 Å². The van der Waals surface area contributed by atoms with Crippen LogP contribution in [0.2, 0.25) is 0 Å². The Labute approximate surface area is 427 Å². The number of amides is 1. The molecule has 0 aromatic carbocycles. The van der Waals surface area contributed by atoms with Crippen LogP contribution in [0.3, 0.4) is 0 Å². The summed E-state index contributed by atoms with van der Waals surface area (Å²) < 4.78 is 30.2. The van der Waals surface area contributed by atoms with Gasteiger partial charge in [-0.3, -0.25) is 14.2 Å². The lowest BCUT2D eigenvalue weighted by molar-refractivity contribution is -0.870. The van der Waals surface area contributed by atoms with Crippen molar-refractivity contribution < 1.29 is 37.3 Å². The standard InChI is InChI=1S/C59H113N2O7P/c1-7-10-13-16-19-22-25-27-29-30-32-34-37-40-43-46-49-52-59(63)68-57(50-47-44-41-38-35-24-21-18-15-12-9-3)56(55-67-69(64,65)66-54-53-61(4,5)6)60-58(62)51-48-45-42-39-36-33-31-28-26-23-20-17-14-11-8-2/h19,22,27,29,47,50,56-57H,7-18,20-21,23-26,28,30-46,48-49,51-55H2,1-6H3,(H-,60,62,64,65)/b22-19-,29-27-,50-47+. The zero-order valence-electron chi connectivity index (χ0n) is 46.3. The molecule has 0 aliphatic heterocycles. The molecule has 0 fully saturated rings. The normalized spacial score (nSPS) is 14.0. The first-order chi connectivity index (χ1) is 33.4. The van der Waals surface area contributed by atoms with Gasteiger partial charge in [-0.15, -0.1) is 0 Å². The molecular weight excluding hydrogens is 880 g/mol. The van der Waals surface area contributed by atoms with Gasteiger partial charge in [0.05, 0.1) is 33.8 Å². The average Bonchev–Trinajstić information content (AvgIpc) is 3.31. The summed E-state index contributed by atoms with van der Waals surface area (Å²) in [5.74, 6) is -0.541. The van der Waals surface area contributed by atoms with Gasteiger partial charge >= 0.3 is 5.97 Å². The molecule has 10 heteroatoms. The Bertz CT molecular complexity index is 1280. The molecule has 0 spiro atoms. The van der Waals surface area contributed by atoms with Gasteiger partial charge in [0.1, 0.15) is 19.3 Å². The van der Waals surface area contributed by atoms with Gasteiger partial charge in [-0.05, 0) is 63.9 Å². The number of hydrogen-bond acceptors (Lipinski definition) is 7. The summed E-state index contributed by atoms with van der Waals surface area (Å²) in [5.41, 5.74) is 0. The predicted molar refractivity (Wildman–Crippen MR) is 293 cm³/mol. The predicted octanol–water partition coefficient (Wildman–Crippen LogP) is 16.9. The fourth-order valence-corrected chi connectivity index (χ4v) is 9.22. The molecule has 0 saturated heterocycles. The summed E-state index contributed by atoms with van der Waals surface area (Å²) in [7, 11) is 1.19. The lowest BCUT2D eigenvalue weighted by Gasteiger charge is -2.30. The number of phosphoric ester groups is 1. The first-order valence-electron chi connectivity index (χ1n) is 29.3. The summed E-state index contributed by atoms with van der Waals surface area (Å²) >= 11 is 0. The van der Waals surface area contributed by atoms with Crippen molar-refractivity contribution in [3.8, 4) is 0 Å². The molecule has 3 atom stereocenters. The van der Waals surface area contributed by atoms with Gasteiger partial charge < -0.3 is 28.5 Å². The van der Waals surface area contributed by atoms with Crippen LogP contribution >= 0.6 is 7.82 Å². The molecule has 0 rings (SSSR count). The third kappa shape index (κ3) is 51.0. The molecule has 3 unspecified atom stereocenters. The van der Waals surface area contributed by atoms with E-state index in [2.05, 4.69) is 50.4 Å². The third-order valence-electron chi connectivity index (χ3n) is 13.1. The van der Waals surface area contributed by atoms with Crippen molar-refractivity contribution in [3.05, 3.63) is 36.5 Å². The van der Waals surface area contributed by atoms with Crippen LogP contribution < -0.4 is 10.2 Å². The number of phosphoric acid groups is 1. The molecule has 9 nitrogen and oxygen atoms in total. The Morgan fingerprint density at radius 3 is 1.33 bits per heavy atom. The number of unbranched alkanes of at least 4 members (excludes halogenated alkanes) is 33. The molecule has 1 N–H and O–H groups in total. The van der Waals surface area contributed by atoms with Gasteiger partial charge in [0.25, 0.3) is 7.82 Å². The Kier molecular flexibility index (Phi) is 48.5. The lowest BCUT2D eigenvalue weighted by atomic mass is 10.0. The van der Waals surface area contributed by atoms with E-state index in [4.69, 9.17) is 13.8 Å². The molecule has 0 heterocycles. The Balaban J connectivity index is 5.29. The minimum absolute atomic E-state index is 0.0216. The van der Waals surface area contributed by atoms with Crippen LogP contribution in [0.1, 0.15) is 278 Å². The number of allylic oxidation sites excluding steroid dienone is 5. The topological polar surface area (TPSA) is 114 Å². The van der Waals surface area contributed by atoms with Crippen molar-refractivity contribution in [3.63, 3.8) is 0 Å². The van der Waals surface area contributed by atoms with Crippen LogP contribution in [0.25, 0.3) is 0 Å².